The lowest BCUT2D eigenvalue weighted by molar-refractivity contribution is 0.161. The number of benzene rings is 1. The minimum absolute atomic E-state index is 0.00442. The summed E-state index contributed by atoms with van der Waals surface area (Å²) in [6, 6.07) is 8.80. The highest BCUT2D eigenvalue weighted by Crippen LogP contribution is 2.37. The van der Waals surface area contributed by atoms with Gasteiger partial charge in [-0.3, -0.25) is 0 Å². The lowest BCUT2D eigenvalue weighted by atomic mass is 9.68. The fourth-order valence-corrected chi connectivity index (χ4v) is 3.36. The zero-order chi connectivity index (χ0) is 12.5. The predicted octanol–water partition coefficient (Wildman–Crippen LogP) is 3.99. The van der Waals surface area contributed by atoms with Gasteiger partial charge in [-0.25, -0.2) is 0 Å². The first-order valence-corrected chi connectivity index (χ1v) is 7.61. The molecule has 0 amide bonds. The summed E-state index contributed by atoms with van der Waals surface area (Å²) in [5, 5.41) is 0. The summed E-state index contributed by atoms with van der Waals surface area (Å²) in [7, 11) is 0. The molecule has 2 rings (SSSR count). The second-order valence-corrected chi connectivity index (χ2v) is 7.07. The topological polar surface area (TPSA) is 26.0 Å². The summed E-state index contributed by atoms with van der Waals surface area (Å²) >= 11 is 2.35. The fraction of sp³-hybridized carbons (Fsp3) is 0.600. The zero-order valence-corrected chi connectivity index (χ0v) is 12.9. The lowest BCUT2D eigenvalue weighted by Crippen LogP contribution is -2.51. The van der Waals surface area contributed by atoms with E-state index in [1.165, 1.54) is 28.4 Å². The van der Waals surface area contributed by atoms with Crippen molar-refractivity contribution in [2.75, 3.05) is 0 Å². The Kier molecular flexibility index (Phi) is 4.14. The summed E-state index contributed by atoms with van der Waals surface area (Å²) < 4.78 is 1.29. The van der Waals surface area contributed by atoms with Crippen LogP contribution in [0.2, 0.25) is 0 Å². The quantitative estimate of drug-likeness (QED) is 0.808. The van der Waals surface area contributed by atoms with Gasteiger partial charge in [-0.1, -0.05) is 32.4 Å². The molecule has 0 aliphatic heterocycles. The first kappa shape index (κ1) is 13.3. The molecule has 2 N–H and O–H groups in total. The van der Waals surface area contributed by atoms with Gasteiger partial charge in [0.15, 0.2) is 0 Å². The number of nitrogens with two attached hydrogens (primary N) is 1. The first-order chi connectivity index (χ1) is 7.99. The number of hydrogen-bond donors (Lipinski definition) is 1. The van der Waals surface area contributed by atoms with Crippen LogP contribution in [0.3, 0.4) is 0 Å². The van der Waals surface area contributed by atoms with Crippen molar-refractivity contribution >= 4 is 22.6 Å². The van der Waals surface area contributed by atoms with Crippen molar-refractivity contribution in [2.24, 2.45) is 17.6 Å². The van der Waals surface area contributed by atoms with Crippen LogP contribution in [0, 0.1) is 15.4 Å². The van der Waals surface area contributed by atoms with Gasteiger partial charge >= 0.3 is 0 Å². The van der Waals surface area contributed by atoms with Crippen LogP contribution in [0.4, 0.5) is 0 Å². The summed E-state index contributed by atoms with van der Waals surface area (Å²) in [6.45, 7) is 4.65. The van der Waals surface area contributed by atoms with Crippen LogP contribution in [0.25, 0.3) is 0 Å². The summed E-state index contributed by atoms with van der Waals surface area (Å²) in [6.07, 6.45) is 4.81. The van der Waals surface area contributed by atoms with E-state index in [9.17, 15) is 0 Å². The van der Waals surface area contributed by atoms with Gasteiger partial charge in [-0.2, -0.15) is 0 Å². The highest BCUT2D eigenvalue weighted by atomic mass is 127. The SMILES string of the molecule is CC1CCC(C)C(N)(Cc2ccc(I)cc2)C1. The molecule has 0 aromatic heterocycles. The Labute approximate surface area is 118 Å². The maximum Gasteiger partial charge on any atom is 0.0223 e. The molecule has 17 heavy (non-hydrogen) atoms. The van der Waals surface area contributed by atoms with Gasteiger partial charge < -0.3 is 5.73 Å². The molecule has 0 heterocycles. The Morgan fingerprint density at radius 1 is 1.24 bits per heavy atom. The molecule has 3 atom stereocenters. The van der Waals surface area contributed by atoms with Crippen LogP contribution >= 0.6 is 22.6 Å². The van der Waals surface area contributed by atoms with Crippen molar-refractivity contribution in [3.8, 4) is 0 Å². The number of halogens is 1. The molecule has 1 fully saturated rings. The van der Waals surface area contributed by atoms with Gasteiger partial charge in [-0.15, -0.1) is 0 Å². The van der Waals surface area contributed by atoms with E-state index in [0.717, 1.165) is 12.3 Å². The van der Waals surface area contributed by atoms with Crippen LogP contribution < -0.4 is 5.73 Å². The van der Waals surface area contributed by atoms with Crippen LogP contribution in [0.5, 0.6) is 0 Å². The third kappa shape index (κ3) is 3.22. The van der Waals surface area contributed by atoms with E-state index < -0.39 is 0 Å². The van der Waals surface area contributed by atoms with Crippen molar-refractivity contribution in [1.82, 2.24) is 0 Å². The summed E-state index contributed by atoms with van der Waals surface area (Å²) in [5.74, 6) is 1.41. The average molecular weight is 343 g/mol. The Morgan fingerprint density at radius 2 is 1.88 bits per heavy atom. The molecule has 3 unspecified atom stereocenters. The minimum Gasteiger partial charge on any atom is -0.325 e. The minimum atomic E-state index is 0.00442. The molecule has 1 aromatic rings. The molecule has 94 valence electrons. The Bertz CT molecular complexity index is 373. The maximum absolute atomic E-state index is 6.66. The second kappa shape index (κ2) is 5.27. The van der Waals surface area contributed by atoms with Crippen molar-refractivity contribution < 1.29 is 0 Å². The van der Waals surface area contributed by atoms with E-state index in [-0.39, 0.29) is 5.54 Å². The van der Waals surface area contributed by atoms with Crippen molar-refractivity contribution in [1.29, 1.82) is 0 Å². The van der Waals surface area contributed by atoms with Gasteiger partial charge in [0.1, 0.15) is 0 Å². The molecular formula is C15H22IN. The molecule has 0 spiro atoms. The van der Waals surface area contributed by atoms with E-state index >= 15 is 0 Å². The fourth-order valence-electron chi connectivity index (χ4n) is 3.00. The van der Waals surface area contributed by atoms with Gasteiger partial charge in [0, 0.05) is 9.11 Å². The summed E-state index contributed by atoms with van der Waals surface area (Å²) in [4.78, 5) is 0. The third-order valence-corrected chi connectivity index (χ3v) is 4.97. The van der Waals surface area contributed by atoms with Crippen molar-refractivity contribution in [3.63, 3.8) is 0 Å². The summed E-state index contributed by atoms with van der Waals surface area (Å²) in [5.41, 5.74) is 8.05. The largest absolute Gasteiger partial charge is 0.325 e. The second-order valence-electron chi connectivity index (χ2n) is 5.82. The van der Waals surface area contributed by atoms with Crippen molar-refractivity contribution in [3.05, 3.63) is 33.4 Å². The van der Waals surface area contributed by atoms with Crippen molar-refractivity contribution in [2.45, 2.75) is 45.1 Å². The Balaban J connectivity index is 2.12. The van der Waals surface area contributed by atoms with E-state index in [1.54, 1.807) is 0 Å². The van der Waals surface area contributed by atoms with Gasteiger partial charge in [0.2, 0.25) is 0 Å². The van der Waals surface area contributed by atoms with Gasteiger partial charge in [0.05, 0.1) is 0 Å². The molecule has 1 aliphatic rings. The Morgan fingerprint density at radius 3 is 2.53 bits per heavy atom. The molecule has 0 bridgehead atoms. The van der Waals surface area contributed by atoms with Gasteiger partial charge in [-0.05, 0) is 71.4 Å². The molecular weight excluding hydrogens is 321 g/mol. The molecule has 1 aromatic carbocycles. The van der Waals surface area contributed by atoms with E-state index in [0.29, 0.717) is 5.92 Å². The lowest BCUT2D eigenvalue weighted by Gasteiger charge is -2.42. The zero-order valence-electron chi connectivity index (χ0n) is 10.7. The molecule has 0 saturated heterocycles. The van der Waals surface area contributed by atoms with E-state index in [4.69, 9.17) is 5.73 Å². The molecule has 1 aliphatic carbocycles. The smallest absolute Gasteiger partial charge is 0.0223 e. The van der Waals surface area contributed by atoms with Crippen LogP contribution in [0.15, 0.2) is 24.3 Å². The van der Waals surface area contributed by atoms with E-state index in [1.807, 2.05) is 0 Å². The predicted molar refractivity (Wildman–Crippen MR) is 82.0 cm³/mol. The average Bonchev–Trinajstić information content (AvgIpc) is 2.27. The molecule has 0 radical (unpaired) electrons. The highest BCUT2D eigenvalue weighted by Gasteiger charge is 2.36. The Hall–Kier alpha value is -0.0900. The maximum atomic E-state index is 6.66. The van der Waals surface area contributed by atoms with Gasteiger partial charge in [0.25, 0.3) is 0 Å². The molecule has 1 saturated carbocycles. The third-order valence-electron chi connectivity index (χ3n) is 4.25. The number of rotatable bonds is 2. The molecule has 2 heteroatoms. The number of hydrogen-bond acceptors (Lipinski definition) is 1. The first-order valence-electron chi connectivity index (χ1n) is 6.53. The molecule has 1 nitrogen and oxygen atoms in total. The van der Waals surface area contributed by atoms with Crippen LogP contribution in [-0.4, -0.2) is 5.54 Å². The van der Waals surface area contributed by atoms with E-state index in [2.05, 4.69) is 60.7 Å². The standard InChI is InChI=1S/C15H22IN/c1-11-3-4-12(2)15(17,9-11)10-13-5-7-14(16)8-6-13/h5-8,11-12H,3-4,9-10,17H2,1-2H3. The monoisotopic (exact) mass is 343 g/mol. The van der Waals surface area contributed by atoms with Crippen LogP contribution in [-0.2, 0) is 6.42 Å². The highest BCUT2D eigenvalue weighted by molar-refractivity contribution is 14.1. The normalized spacial score (nSPS) is 33.6. The van der Waals surface area contributed by atoms with Crippen LogP contribution in [0.1, 0.15) is 38.7 Å².